The molecule has 2 amide bonds. The topological polar surface area (TPSA) is 76.7 Å². The molecule has 0 aromatic carbocycles. The minimum Gasteiger partial charge on any atom is -0.403 e. The quantitative estimate of drug-likeness (QED) is 0.758. The molecule has 0 aromatic rings. The fraction of sp³-hybridized carbons (Fsp3) is 0.867. The molecule has 7 heteroatoms. The predicted octanol–water partition coefficient (Wildman–Crippen LogP) is 0.864. The van der Waals surface area contributed by atoms with Gasteiger partial charge in [0.15, 0.2) is 0 Å². The molecule has 0 aromatic heterocycles. The van der Waals surface area contributed by atoms with Crippen molar-refractivity contribution in [2.24, 2.45) is 5.92 Å². The van der Waals surface area contributed by atoms with E-state index in [4.69, 9.17) is 9.31 Å². The summed E-state index contributed by atoms with van der Waals surface area (Å²) in [6, 6.07) is 0.104. The van der Waals surface area contributed by atoms with Crippen LogP contribution >= 0.6 is 0 Å². The third-order valence-electron chi connectivity index (χ3n) is 5.41. The van der Waals surface area contributed by atoms with E-state index in [0.29, 0.717) is 19.4 Å². The standard InChI is InChI=1S/C15H25BN2O4/c1-14(2)15(3,4)22-16(21-14)10-8-11(10)18-13(20)9-5-6-17-12(19)7-9/h9-11H,5-8H2,1-4H3,(H,17,19)(H,18,20)/t9?,10-,11-/m1/s1. The van der Waals surface area contributed by atoms with Crippen molar-refractivity contribution in [3.63, 3.8) is 0 Å². The van der Waals surface area contributed by atoms with Gasteiger partial charge in [-0.2, -0.15) is 0 Å². The summed E-state index contributed by atoms with van der Waals surface area (Å²) in [7, 11) is -0.259. The van der Waals surface area contributed by atoms with Crippen molar-refractivity contribution >= 4 is 18.9 Å². The average molecular weight is 308 g/mol. The second kappa shape index (κ2) is 5.23. The third kappa shape index (κ3) is 2.88. The van der Waals surface area contributed by atoms with Crippen LogP contribution < -0.4 is 10.6 Å². The minimum absolute atomic E-state index is 0.0149. The van der Waals surface area contributed by atoms with Crippen molar-refractivity contribution in [2.45, 2.75) is 70.0 Å². The molecule has 1 unspecified atom stereocenters. The van der Waals surface area contributed by atoms with Crippen LogP contribution in [-0.2, 0) is 18.9 Å². The number of piperidine rings is 1. The zero-order valence-electron chi connectivity index (χ0n) is 13.8. The number of hydrogen-bond donors (Lipinski definition) is 2. The number of carbonyl (C=O) groups is 2. The first-order valence-corrected chi connectivity index (χ1v) is 8.12. The molecule has 6 nitrogen and oxygen atoms in total. The molecule has 1 aliphatic carbocycles. The van der Waals surface area contributed by atoms with Gasteiger partial charge in [0.2, 0.25) is 11.8 Å². The van der Waals surface area contributed by atoms with E-state index in [1.54, 1.807) is 0 Å². The molecule has 0 bridgehead atoms. The van der Waals surface area contributed by atoms with Crippen molar-refractivity contribution < 1.29 is 18.9 Å². The van der Waals surface area contributed by atoms with Crippen molar-refractivity contribution in [1.82, 2.24) is 10.6 Å². The Bertz CT molecular complexity index is 478. The Morgan fingerprint density at radius 1 is 1.27 bits per heavy atom. The lowest BCUT2D eigenvalue weighted by atomic mass is 9.81. The maximum atomic E-state index is 12.2. The van der Waals surface area contributed by atoms with Gasteiger partial charge in [0.1, 0.15) is 0 Å². The number of rotatable bonds is 3. The Balaban J connectivity index is 1.51. The first kappa shape index (κ1) is 15.8. The van der Waals surface area contributed by atoms with Gasteiger partial charge in [-0.1, -0.05) is 0 Å². The number of carbonyl (C=O) groups excluding carboxylic acids is 2. The van der Waals surface area contributed by atoms with Crippen LogP contribution in [0.25, 0.3) is 0 Å². The Labute approximate surface area is 131 Å². The number of hydrogen-bond acceptors (Lipinski definition) is 4. The van der Waals surface area contributed by atoms with Gasteiger partial charge < -0.3 is 19.9 Å². The van der Waals surface area contributed by atoms with E-state index in [2.05, 4.69) is 10.6 Å². The summed E-state index contributed by atoms with van der Waals surface area (Å²) in [5.41, 5.74) is -0.674. The van der Waals surface area contributed by atoms with Gasteiger partial charge in [-0.25, -0.2) is 0 Å². The Morgan fingerprint density at radius 3 is 2.50 bits per heavy atom. The molecule has 3 aliphatic rings. The normalized spacial score (nSPS) is 35.9. The van der Waals surface area contributed by atoms with E-state index in [-0.39, 0.29) is 47.9 Å². The van der Waals surface area contributed by atoms with Crippen LogP contribution in [0.5, 0.6) is 0 Å². The van der Waals surface area contributed by atoms with E-state index in [1.807, 2.05) is 27.7 Å². The van der Waals surface area contributed by atoms with E-state index < -0.39 is 0 Å². The highest BCUT2D eigenvalue weighted by Gasteiger charge is 2.60. The second-order valence-electron chi connectivity index (χ2n) is 7.68. The Hall–Kier alpha value is -1.08. The zero-order chi connectivity index (χ0) is 16.1. The van der Waals surface area contributed by atoms with Gasteiger partial charge in [-0.05, 0) is 40.5 Å². The molecule has 2 heterocycles. The molecule has 1 saturated carbocycles. The maximum Gasteiger partial charge on any atom is 0.463 e. The first-order valence-electron chi connectivity index (χ1n) is 8.12. The summed E-state index contributed by atoms with van der Waals surface area (Å²) in [4.78, 5) is 23.6. The molecule has 3 atom stereocenters. The fourth-order valence-electron chi connectivity index (χ4n) is 3.05. The molecule has 0 spiro atoms. The van der Waals surface area contributed by atoms with Crippen LogP contribution in [0, 0.1) is 5.92 Å². The van der Waals surface area contributed by atoms with Gasteiger partial charge in [0.25, 0.3) is 0 Å². The fourth-order valence-corrected chi connectivity index (χ4v) is 3.05. The van der Waals surface area contributed by atoms with Crippen molar-refractivity contribution in [3.05, 3.63) is 0 Å². The zero-order valence-corrected chi connectivity index (χ0v) is 13.8. The monoisotopic (exact) mass is 308 g/mol. The second-order valence-corrected chi connectivity index (χ2v) is 7.68. The lowest BCUT2D eigenvalue weighted by molar-refractivity contribution is -0.132. The van der Waals surface area contributed by atoms with Crippen LogP contribution in [0.4, 0.5) is 0 Å². The molecular weight excluding hydrogens is 283 g/mol. The summed E-state index contributed by atoms with van der Waals surface area (Å²) in [6.07, 6.45) is 1.88. The van der Waals surface area contributed by atoms with E-state index in [1.165, 1.54) is 0 Å². The molecule has 0 radical (unpaired) electrons. The van der Waals surface area contributed by atoms with Crippen LogP contribution in [0.3, 0.4) is 0 Å². The Morgan fingerprint density at radius 2 is 1.91 bits per heavy atom. The summed E-state index contributed by atoms with van der Waals surface area (Å²) in [5, 5.41) is 5.80. The van der Waals surface area contributed by atoms with Gasteiger partial charge in [0.05, 0.1) is 11.2 Å². The SMILES string of the molecule is CC1(C)OB([C@@H]2C[C@H]2NC(=O)C2CCNC(=O)C2)OC1(C)C. The average Bonchev–Trinajstić information content (AvgIpc) is 3.11. The molecule has 122 valence electrons. The largest absolute Gasteiger partial charge is 0.463 e. The van der Waals surface area contributed by atoms with E-state index in [0.717, 1.165) is 6.42 Å². The summed E-state index contributed by atoms with van der Waals surface area (Å²) in [6.45, 7) is 8.71. The van der Waals surface area contributed by atoms with Crippen LogP contribution in [0.2, 0.25) is 5.82 Å². The van der Waals surface area contributed by atoms with Gasteiger partial charge in [0, 0.05) is 30.7 Å². The lowest BCUT2D eigenvalue weighted by Crippen LogP contribution is -2.42. The molecule has 22 heavy (non-hydrogen) atoms. The Kier molecular flexibility index (Phi) is 3.76. The van der Waals surface area contributed by atoms with E-state index >= 15 is 0 Å². The van der Waals surface area contributed by atoms with Gasteiger partial charge in [-0.3, -0.25) is 9.59 Å². The number of nitrogens with one attached hydrogen (secondary N) is 2. The van der Waals surface area contributed by atoms with Crippen LogP contribution in [-0.4, -0.2) is 42.7 Å². The molecule has 2 saturated heterocycles. The molecule has 3 rings (SSSR count). The lowest BCUT2D eigenvalue weighted by Gasteiger charge is -2.32. The van der Waals surface area contributed by atoms with Crippen molar-refractivity contribution in [2.75, 3.05) is 6.54 Å². The van der Waals surface area contributed by atoms with Crippen molar-refractivity contribution in [3.8, 4) is 0 Å². The summed E-state index contributed by atoms with van der Waals surface area (Å²) < 4.78 is 12.0. The molecule has 2 N–H and O–H groups in total. The molecule has 2 aliphatic heterocycles. The third-order valence-corrected chi connectivity index (χ3v) is 5.41. The summed E-state index contributed by atoms with van der Waals surface area (Å²) >= 11 is 0. The van der Waals surface area contributed by atoms with Crippen molar-refractivity contribution in [1.29, 1.82) is 0 Å². The smallest absolute Gasteiger partial charge is 0.403 e. The highest BCUT2D eigenvalue weighted by Crippen LogP contribution is 2.48. The molecule has 3 fully saturated rings. The van der Waals surface area contributed by atoms with Gasteiger partial charge in [-0.15, -0.1) is 0 Å². The minimum atomic E-state index is -0.337. The highest BCUT2D eigenvalue weighted by atomic mass is 16.7. The highest BCUT2D eigenvalue weighted by molar-refractivity contribution is 6.49. The maximum absolute atomic E-state index is 12.2. The van der Waals surface area contributed by atoms with Gasteiger partial charge >= 0.3 is 7.12 Å². The molecular formula is C15H25BN2O4. The number of amides is 2. The first-order chi connectivity index (χ1) is 10.2. The van der Waals surface area contributed by atoms with Crippen LogP contribution in [0.15, 0.2) is 0 Å². The van der Waals surface area contributed by atoms with E-state index in [9.17, 15) is 9.59 Å². The van der Waals surface area contributed by atoms with Crippen LogP contribution in [0.1, 0.15) is 47.0 Å². The predicted molar refractivity (Wildman–Crippen MR) is 82.1 cm³/mol. The summed E-state index contributed by atoms with van der Waals surface area (Å²) in [5.74, 6) is -0.0423.